The number of piperidine rings is 1. The van der Waals surface area contributed by atoms with Gasteiger partial charge in [-0.05, 0) is 44.4 Å². The standard InChI is InChI=1S/C13H19ClN2/c1-10-4-6-16(11(2)7-10)9-13-8-12(14)3-5-15-13/h3,5,8,10-11H,4,6-7,9H2,1-2H3. The van der Waals surface area contributed by atoms with Crippen LogP contribution >= 0.6 is 11.6 Å². The first kappa shape index (κ1) is 11.9. The fraction of sp³-hybridized carbons (Fsp3) is 0.615. The number of pyridine rings is 1. The summed E-state index contributed by atoms with van der Waals surface area (Å²) in [6, 6.07) is 4.45. The van der Waals surface area contributed by atoms with Crippen molar-refractivity contribution in [2.75, 3.05) is 6.54 Å². The Labute approximate surface area is 103 Å². The summed E-state index contributed by atoms with van der Waals surface area (Å²) in [6.45, 7) is 6.75. The molecule has 2 unspecified atom stereocenters. The average Bonchev–Trinajstić information content (AvgIpc) is 2.22. The Morgan fingerprint density at radius 3 is 3.00 bits per heavy atom. The molecule has 0 saturated carbocycles. The molecule has 1 fully saturated rings. The highest BCUT2D eigenvalue weighted by molar-refractivity contribution is 6.30. The Bertz CT molecular complexity index is 354. The van der Waals surface area contributed by atoms with Crippen LogP contribution in [0.5, 0.6) is 0 Å². The van der Waals surface area contributed by atoms with E-state index >= 15 is 0 Å². The summed E-state index contributed by atoms with van der Waals surface area (Å²) in [5.74, 6) is 0.860. The van der Waals surface area contributed by atoms with Crippen LogP contribution in [0.25, 0.3) is 0 Å². The number of halogens is 1. The van der Waals surface area contributed by atoms with Crippen LogP contribution in [0, 0.1) is 5.92 Å². The molecule has 0 aliphatic carbocycles. The van der Waals surface area contributed by atoms with Gasteiger partial charge in [0.1, 0.15) is 0 Å². The Hall–Kier alpha value is -0.600. The predicted molar refractivity (Wildman–Crippen MR) is 67.5 cm³/mol. The molecule has 88 valence electrons. The fourth-order valence-corrected chi connectivity index (χ4v) is 2.62. The molecular weight excluding hydrogens is 220 g/mol. The molecule has 2 atom stereocenters. The average molecular weight is 239 g/mol. The van der Waals surface area contributed by atoms with Crippen LogP contribution in [0.4, 0.5) is 0 Å². The van der Waals surface area contributed by atoms with Crippen LogP contribution in [0.3, 0.4) is 0 Å². The number of hydrogen-bond donors (Lipinski definition) is 0. The Morgan fingerprint density at radius 2 is 2.31 bits per heavy atom. The van der Waals surface area contributed by atoms with Crippen molar-refractivity contribution < 1.29 is 0 Å². The van der Waals surface area contributed by atoms with Crippen LogP contribution in [0.1, 0.15) is 32.4 Å². The van der Waals surface area contributed by atoms with E-state index < -0.39 is 0 Å². The first-order chi connectivity index (χ1) is 7.65. The molecule has 3 heteroatoms. The molecule has 0 aromatic carbocycles. The molecule has 2 nitrogen and oxygen atoms in total. The van der Waals surface area contributed by atoms with Crippen LogP contribution in [-0.4, -0.2) is 22.5 Å². The lowest BCUT2D eigenvalue weighted by molar-refractivity contribution is 0.120. The van der Waals surface area contributed by atoms with Gasteiger partial charge in [-0.3, -0.25) is 9.88 Å². The Balaban J connectivity index is 1.99. The second-order valence-electron chi connectivity index (χ2n) is 4.91. The van der Waals surface area contributed by atoms with Crippen molar-refractivity contribution in [2.45, 2.75) is 39.3 Å². The zero-order chi connectivity index (χ0) is 11.5. The van der Waals surface area contributed by atoms with Gasteiger partial charge in [0.15, 0.2) is 0 Å². The summed E-state index contributed by atoms with van der Waals surface area (Å²) < 4.78 is 0. The molecule has 0 radical (unpaired) electrons. The van der Waals surface area contributed by atoms with Gasteiger partial charge in [-0.25, -0.2) is 0 Å². The topological polar surface area (TPSA) is 16.1 Å². The van der Waals surface area contributed by atoms with Gasteiger partial charge in [-0.2, -0.15) is 0 Å². The zero-order valence-corrected chi connectivity index (χ0v) is 10.7. The minimum atomic E-state index is 0.657. The van der Waals surface area contributed by atoms with Crippen molar-refractivity contribution in [1.82, 2.24) is 9.88 Å². The number of nitrogens with zero attached hydrogens (tertiary/aromatic N) is 2. The van der Waals surface area contributed by atoms with Crippen molar-refractivity contribution in [3.8, 4) is 0 Å². The zero-order valence-electron chi connectivity index (χ0n) is 9.99. The van der Waals surface area contributed by atoms with Crippen LogP contribution in [0.2, 0.25) is 5.02 Å². The molecule has 0 amide bonds. The quantitative estimate of drug-likeness (QED) is 0.786. The Kier molecular flexibility index (Phi) is 3.82. The third kappa shape index (κ3) is 2.96. The summed E-state index contributed by atoms with van der Waals surface area (Å²) in [5.41, 5.74) is 1.08. The van der Waals surface area contributed by atoms with E-state index in [-0.39, 0.29) is 0 Å². The molecule has 1 saturated heterocycles. The molecule has 1 aliphatic heterocycles. The molecule has 2 rings (SSSR count). The highest BCUT2D eigenvalue weighted by Gasteiger charge is 2.22. The second-order valence-corrected chi connectivity index (χ2v) is 5.35. The largest absolute Gasteiger partial charge is 0.295 e. The van der Waals surface area contributed by atoms with Crippen molar-refractivity contribution in [3.63, 3.8) is 0 Å². The lowest BCUT2D eigenvalue weighted by Gasteiger charge is -2.36. The molecule has 0 bridgehead atoms. The van der Waals surface area contributed by atoms with Crippen molar-refractivity contribution in [2.24, 2.45) is 5.92 Å². The van der Waals surface area contributed by atoms with Gasteiger partial charge in [0.2, 0.25) is 0 Å². The van der Waals surface area contributed by atoms with Crippen LogP contribution < -0.4 is 0 Å². The van der Waals surface area contributed by atoms with E-state index in [9.17, 15) is 0 Å². The van der Waals surface area contributed by atoms with Gasteiger partial charge in [0.25, 0.3) is 0 Å². The summed E-state index contributed by atoms with van der Waals surface area (Å²) in [5, 5.41) is 0.781. The first-order valence-corrected chi connectivity index (χ1v) is 6.37. The van der Waals surface area contributed by atoms with Crippen LogP contribution in [0.15, 0.2) is 18.3 Å². The molecular formula is C13H19ClN2. The van der Waals surface area contributed by atoms with Gasteiger partial charge < -0.3 is 0 Å². The van der Waals surface area contributed by atoms with Gasteiger partial charge in [0.05, 0.1) is 5.69 Å². The second kappa shape index (κ2) is 5.15. The lowest BCUT2D eigenvalue weighted by Crippen LogP contribution is -2.39. The number of hydrogen-bond acceptors (Lipinski definition) is 2. The van der Waals surface area contributed by atoms with Crippen LogP contribution in [-0.2, 0) is 6.54 Å². The van der Waals surface area contributed by atoms with E-state index in [4.69, 9.17) is 11.6 Å². The summed E-state index contributed by atoms with van der Waals surface area (Å²) in [7, 11) is 0. The third-order valence-electron chi connectivity index (χ3n) is 3.42. The van der Waals surface area contributed by atoms with Gasteiger partial charge in [0, 0.05) is 23.8 Å². The van der Waals surface area contributed by atoms with E-state index in [1.165, 1.54) is 19.4 Å². The number of rotatable bonds is 2. The van der Waals surface area contributed by atoms with E-state index in [1.807, 2.05) is 12.1 Å². The molecule has 1 aromatic rings. The van der Waals surface area contributed by atoms with E-state index in [0.29, 0.717) is 6.04 Å². The highest BCUT2D eigenvalue weighted by atomic mass is 35.5. The van der Waals surface area contributed by atoms with Crippen molar-refractivity contribution in [3.05, 3.63) is 29.0 Å². The Morgan fingerprint density at radius 1 is 1.50 bits per heavy atom. The monoisotopic (exact) mass is 238 g/mol. The maximum absolute atomic E-state index is 5.96. The minimum absolute atomic E-state index is 0.657. The van der Waals surface area contributed by atoms with E-state index in [1.54, 1.807) is 6.20 Å². The molecule has 1 aromatic heterocycles. The molecule has 0 spiro atoms. The van der Waals surface area contributed by atoms with Crippen molar-refractivity contribution in [1.29, 1.82) is 0 Å². The van der Waals surface area contributed by atoms with Gasteiger partial charge >= 0.3 is 0 Å². The first-order valence-electron chi connectivity index (χ1n) is 5.99. The molecule has 0 N–H and O–H groups in total. The summed E-state index contributed by atoms with van der Waals surface area (Å²) in [6.07, 6.45) is 4.38. The summed E-state index contributed by atoms with van der Waals surface area (Å²) >= 11 is 5.96. The minimum Gasteiger partial charge on any atom is -0.295 e. The predicted octanol–water partition coefficient (Wildman–Crippen LogP) is 3.36. The molecule has 2 heterocycles. The number of likely N-dealkylation sites (tertiary alicyclic amines) is 1. The number of aromatic nitrogens is 1. The normalized spacial score (nSPS) is 26.9. The SMILES string of the molecule is CC1CCN(Cc2cc(Cl)ccn2)C(C)C1. The molecule has 16 heavy (non-hydrogen) atoms. The smallest absolute Gasteiger partial charge is 0.0558 e. The van der Waals surface area contributed by atoms with Gasteiger partial charge in [-0.1, -0.05) is 18.5 Å². The maximum Gasteiger partial charge on any atom is 0.0558 e. The lowest BCUT2D eigenvalue weighted by atomic mass is 9.93. The third-order valence-corrected chi connectivity index (χ3v) is 3.65. The molecule has 1 aliphatic rings. The van der Waals surface area contributed by atoms with E-state index in [2.05, 4.69) is 23.7 Å². The highest BCUT2D eigenvalue weighted by Crippen LogP contribution is 2.23. The maximum atomic E-state index is 5.96. The fourth-order valence-electron chi connectivity index (χ4n) is 2.43. The van der Waals surface area contributed by atoms with Gasteiger partial charge in [-0.15, -0.1) is 0 Å². The van der Waals surface area contributed by atoms with Crippen molar-refractivity contribution >= 4 is 11.6 Å². The summed E-state index contributed by atoms with van der Waals surface area (Å²) in [4.78, 5) is 6.86. The van der Waals surface area contributed by atoms with E-state index in [0.717, 1.165) is 23.2 Å².